The first kappa shape index (κ1) is 26.9. The molecule has 5 aromatic rings. The fraction of sp³-hybridized carbons (Fsp3) is 0.278. The molecule has 1 saturated carbocycles. The third-order valence-electron chi connectivity index (χ3n) is 8.55. The van der Waals surface area contributed by atoms with Crippen LogP contribution >= 0.6 is 0 Å². The monoisotopic (exact) mass is 700 g/mol. The van der Waals surface area contributed by atoms with Crippen LogP contribution in [0.15, 0.2) is 85.1 Å². The topological polar surface area (TPSA) is 30.7 Å². The van der Waals surface area contributed by atoms with Crippen molar-refractivity contribution in [2.24, 2.45) is 5.92 Å². The predicted octanol–water partition coefficient (Wildman–Crippen LogP) is 8.47. The molecular weight excluding hydrogens is 667 g/mol. The van der Waals surface area contributed by atoms with Crippen molar-refractivity contribution in [2.45, 2.75) is 57.9 Å². The van der Waals surface area contributed by atoms with E-state index in [0.717, 1.165) is 35.4 Å². The zero-order valence-corrected chi connectivity index (χ0v) is 25.5. The smallest absolute Gasteiger partial charge is 0.0777 e. The molecule has 1 fully saturated rings. The molecule has 3 aromatic carbocycles. The number of allylic oxidation sites excluding steroid dienone is 2. The van der Waals surface area contributed by atoms with Crippen LogP contribution in [0.3, 0.4) is 0 Å². The van der Waals surface area contributed by atoms with Gasteiger partial charge < -0.3 is 9.55 Å². The largest absolute Gasteiger partial charge is 0.355 e. The second-order valence-corrected chi connectivity index (χ2v) is 11.5. The van der Waals surface area contributed by atoms with Crippen LogP contribution in [-0.4, -0.2) is 14.5 Å². The maximum absolute atomic E-state index is 5.01. The quantitative estimate of drug-likeness (QED) is 0.173. The van der Waals surface area contributed by atoms with Gasteiger partial charge in [-0.25, -0.2) is 0 Å². The zero-order valence-electron chi connectivity index (χ0n) is 23.1. The molecule has 3 heterocycles. The summed E-state index contributed by atoms with van der Waals surface area (Å²) in [4.78, 5) is 9.44. The van der Waals surface area contributed by atoms with Crippen LogP contribution in [0.1, 0.15) is 56.2 Å². The first-order chi connectivity index (χ1) is 19.1. The van der Waals surface area contributed by atoms with Crippen molar-refractivity contribution in [3.05, 3.63) is 114 Å². The minimum absolute atomic E-state index is 0. The molecule has 0 atom stereocenters. The van der Waals surface area contributed by atoms with Gasteiger partial charge in [-0.15, -0.1) is 71.3 Å². The standard InChI is InChI=1S/C23H23N2.C13H10N.Ir/c1-23(2)15-19(16-9-6-7-10-16)18-13-8-14-20-21(18)25(23)22(24-20)17-11-4-3-5-12-17;1-2-6-12-10(4-1)7-8-11-5-3-9-14-13(11)12;/h3-5,8,11,13-16H,6-7,9-10H2,1-2H3;1-5,9H,7-8H2;/q2*-1;. The Labute approximate surface area is 250 Å². The summed E-state index contributed by atoms with van der Waals surface area (Å²) in [5.41, 5.74) is 11.3. The van der Waals surface area contributed by atoms with E-state index in [1.165, 1.54) is 53.5 Å². The van der Waals surface area contributed by atoms with Crippen molar-refractivity contribution in [1.29, 1.82) is 0 Å². The van der Waals surface area contributed by atoms with Crippen molar-refractivity contribution in [3.63, 3.8) is 0 Å². The molecule has 0 spiro atoms. The van der Waals surface area contributed by atoms with Gasteiger partial charge in [0.1, 0.15) is 0 Å². The van der Waals surface area contributed by atoms with Gasteiger partial charge in [0.2, 0.25) is 0 Å². The molecule has 1 aliphatic heterocycles. The van der Waals surface area contributed by atoms with Gasteiger partial charge in [-0.3, -0.25) is 4.98 Å². The van der Waals surface area contributed by atoms with E-state index in [1.54, 1.807) is 5.57 Å². The van der Waals surface area contributed by atoms with E-state index in [4.69, 9.17) is 4.98 Å². The summed E-state index contributed by atoms with van der Waals surface area (Å²) in [5.74, 6) is 1.73. The first-order valence-electron chi connectivity index (χ1n) is 14.3. The minimum atomic E-state index is -0.0833. The summed E-state index contributed by atoms with van der Waals surface area (Å²) < 4.78 is 2.42. The third kappa shape index (κ3) is 4.68. The Morgan fingerprint density at radius 3 is 2.48 bits per heavy atom. The minimum Gasteiger partial charge on any atom is -0.355 e. The molecule has 3 nitrogen and oxygen atoms in total. The maximum Gasteiger partial charge on any atom is 0.0777 e. The average Bonchev–Trinajstić information content (AvgIpc) is 3.66. The molecular formula is C36H33IrN3-2. The molecule has 2 aliphatic carbocycles. The average molecular weight is 700 g/mol. The van der Waals surface area contributed by atoms with Crippen LogP contribution in [0.25, 0.3) is 39.3 Å². The van der Waals surface area contributed by atoms with Crippen LogP contribution in [0.5, 0.6) is 0 Å². The van der Waals surface area contributed by atoms with Gasteiger partial charge in [0, 0.05) is 31.9 Å². The number of para-hydroxylation sites is 1. The second kappa shape index (κ2) is 10.9. The molecule has 0 bridgehead atoms. The van der Waals surface area contributed by atoms with E-state index in [2.05, 4.69) is 84.1 Å². The van der Waals surface area contributed by atoms with Crippen molar-refractivity contribution < 1.29 is 20.1 Å². The van der Waals surface area contributed by atoms with E-state index in [1.807, 2.05) is 36.5 Å². The number of rotatable bonds is 2. The van der Waals surface area contributed by atoms with E-state index < -0.39 is 0 Å². The molecule has 3 aliphatic rings. The van der Waals surface area contributed by atoms with Crippen molar-refractivity contribution in [1.82, 2.24) is 14.5 Å². The van der Waals surface area contributed by atoms with E-state index in [-0.39, 0.29) is 25.6 Å². The summed E-state index contributed by atoms with van der Waals surface area (Å²) in [6, 6.07) is 31.7. The van der Waals surface area contributed by atoms with Crippen molar-refractivity contribution in [3.8, 4) is 22.6 Å². The Hall–Kier alpha value is -3.33. The van der Waals surface area contributed by atoms with E-state index >= 15 is 0 Å². The van der Waals surface area contributed by atoms with Gasteiger partial charge in [-0.05, 0) is 62.4 Å². The maximum atomic E-state index is 5.01. The summed E-state index contributed by atoms with van der Waals surface area (Å²) in [6.07, 6.45) is 12.0. The van der Waals surface area contributed by atoms with Crippen LogP contribution in [-0.2, 0) is 38.5 Å². The zero-order chi connectivity index (χ0) is 26.4. The molecule has 203 valence electrons. The van der Waals surface area contributed by atoms with Gasteiger partial charge in [-0.1, -0.05) is 49.1 Å². The molecule has 0 saturated heterocycles. The summed E-state index contributed by atoms with van der Waals surface area (Å²) in [7, 11) is 0. The number of hydrogen-bond donors (Lipinski definition) is 0. The number of nitrogens with zero attached hydrogens (tertiary/aromatic N) is 3. The Kier molecular flexibility index (Phi) is 7.33. The third-order valence-corrected chi connectivity index (χ3v) is 8.55. The number of hydrogen-bond acceptors (Lipinski definition) is 2. The summed E-state index contributed by atoms with van der Waals surface area (Å²) in [6.45, 7) is 4.62. The van der Waals surface area contributed by atoms with Crippen LogP contribution in [0.4, 0.5) is 0 Å². The van der Waals surface area contributed by atoms with Gasteiger partial charge >= 0.3 is 0 Å². The van der Waals surface area contributed by atoms with E-state index in [9.17, 15) is 0 Å². The summed E-state index contributed by atoms with van der Waals surface area (Å²) >= 11 is 0. The van der Waals surface area contributed by atoms with Gasteiger partial charge in [-0.2, -0.15) is 0 Å². The first-order valence-corrected chi connectivity index (χ1v) is 14.3. The number of imidazole rings is 1. The van der Waals surface area contributed by atoms with Gasteiger partial charge in [0.05, 0.1) is 22.4 Å². The molecule has 0 N–H and O–H groups in total. The van der Waals surface area contributed by atoms with Crippen LogP contribution in [0.2, 0.25) is 0 Å². The van der Waals surface area contributed by atoms with Gasteiger partial charge in [0.15, 0.2) is 0 Å². The van der Waals surface area contributed by atoms with Gasteiger partial charge in [0.25, 0.3) is 0 Å². The molecule has 1 radical (unpaired) electrons. The number of pyridine rings is 1. The van der Waals surface area contributed by atoms with Crippen molar-refractivity contribution >= 4 is 16.6 Å². The second-order valence-electron chi connectivity index (χ2n) is 11.5. The molecule has 2 aromatic heterocycles. The summed E-state index contributed by atoms with van der Waals surface area (Å²) in [5, 5.41) is 0. The normalized spacial score (nSPS) is 16.7. The van der Waals surface area contributed by atoms with E-state index in [0.29, 0.717) is 5.92 Å². The molecule has 0 amide bonds. The van der Waals surface area contributed by atoms with Crippen molar-refractivity contribution in [2.75, 3.05) is 0 Å². The SMILES string of the molecule is CC1(C)C=C(C2CCCC2)c2cccc3nc(-c4[c-]cccc4)n1c23.[Ir].[c-]1cccc2c1-c1ncccc1CC2. The number of aromatic nitrogens is 3. The Bertz CT molecular complexity index is 1640. The Morgan fingerprint density at radius 2 is 1.65 bits per heavy atom. The Morgan fingerprint density at radius 1 is 0.850 bits per heavy atom. The van der Waals surface area contributed by atoms with Crippen LogP contribution < -0.4 is 0 Å². The Balaban J connectivity index is 0.000000164. The fourth-order valence-corrected chi connectivity index (χ4v) is 6.77. The molecule has 8 rings (SSSR count). The number of aryl methyl sites for hydroxylation is 2. The molecule has 40 heavy (non-hydrogen) atoms. The number of fused-ring (bicyclic) bond motifs is 3. The fourth-order valence-electron chi connectivity index (χ4n) is 6.77. The molecule has 0 unspecified atom stereocenters. The number of benzene rings is 3. The predicted molar refractivity (Wildman–Crippen MR) is 159 cm³/mol. The van der Waals surface area contributed by atoms with Crippen LogP contribution in [0, 0.1) is 18.1 Å². The molecule has 4 heteroatoms.